The Morgan fingerprint density at radius 1 is 1.53 bits per heavy atom. The van der Waals surface area contributed by atoms with Crippen molar-refractivity contribution in [1.82, 2.24) is 5.32 Å². The molecule has 4 nitrogen and oxygen atoms in total. The van der Waals surface area contributed by atoms with Crippen LogP contribution in [0.25, 0.3) is 0 Å². The maximum atomic E-state index is 11.3. The van der Waals surface area contributed by atoms with Gasteiger partial charge in [-0.15, -0.1) is 6.58 Å². The normalized spacial score (nSPS) is 16.8. The average molecular weight is 211 g/mol. The number of carbonyl (C=O) groups is 2. The molecule has 1 atom stereocenters. The summed E-state index contributed by atoms with van der Waals surface area (Å²) in [7, 11) is 0. The molecule has 0 aromatic rings. The van der Waals surface area contributed by atoms with Crippen LogP contribution in [0.5, 0.6) is 0 Å². The fourth-order valence-corrected chi connectivity index (χ4v) is 1.41. The number of amides is 1. The predicted octanol–water partition coefficient (Wildman–Crippen LogP) is 1.32. The highest BCUT2D eigenvalue weighted by molar-refractivity contribution is 5.83. The van der Waals surface area contributed by atoms with Gasteiger partial charge in [0.05, 0.1) is 0 Å². The monoisotopic (exact) mass is 211 g/mol. The summed E-state index contributed by atoms with van der Waals surface area (Å²) in [6, 6.07) is -0.713. The minimum atomic E-state index is -0.936. The molecule has 84 valence electrons. The van der Waals surface area contributed by atoms with Gasteiger partial charge < -0.3 is 10.4 Å². The summed E-state index contributed by atoms with van der Waals surface area (Å²) in [5, 5.41) is 11.4. The van der Waals surface area contributed by atoms with Crippen molar-refractivity contribution in [2.45, 2.75) is 38.1 Å². The molecule has 0 aromatic carbocycles. The van der Waals surface area contributed by atoms with Gasteiger partial charge in [0.15, 0.2) is 0 Å². The molecule has 1 saturated carbocycles. The first-order valence-corrected chi connectivity index (χ1v) is 5.26. The summed E-state index contributed by atoms with van der Waals surface area (Å²) in [5.74, 6) is -0.650. The predicted molar refractivity (Wildman–Crippen MR) is 56.3 cm³/mol. The van der Waals surface area contributed by atoms with Gasteiger partial charge in [-0.2, -0.15) is 0 Å². The third kappa shape index (κ3) is 4.63. The highest BCUT2D eigenvalue weighted by Crippen LogP contribution is 2.33. The smallest absolute Gasteiger partial charge is 0.326 e. The van der Waals surface area contributed by atoms with E-state index in [0.29, 0.717) is 25.2 Å². The van der Waals surface area contributed by atoms with Crippen LogP contribution in [0, 0.1) is 5.92 Å². The Morgan fingerprint density at radius 2 is 2.20 bits per heavy atom. The lowest BCUT2D eigenvalue weighted by molar-refractivity contribution is -0.142. The van der Waals surface area contributed by atoms with Gasteiger partial charge in [0.25, 0.3) is 0 Å². The molecular weight excluding hydrogens is 194 g/mol. The van der Waals surface area contributed by atoms with E-state index in [1.807, 2.05) is 0 Å². The van der Waals surface area contributed by atoms with Crippen molar-refractivity contribution in [2.24, 2.45) is 5.92 Å². The van der Waals surface area contributed by atoms with E-state index in [-0.39, 0.29) is 5.91 Å². The first kappa shape index (κ1) is 11.8. The Bertz CT molecular complexity index is 259. The van der Waals surface area contributed by atoms with E-state index in [2.05, 4.69) is 11.9 Å². The lowest BCUT2D eigenvalue weighted by Gasteiger charge is -2.13. The number of carbonyl (C=O) groups excluding carboxylic acids is 1. The van der Waals surface area contributed by atoms with Crippen LogP contribution in [0.3, 0.4) is 0 Å². The van der Waals surface area contributed by atoms with Crippen LogP contribution in [0.15, 0.2) is 12.7 Å². The molecule has 0 aliphatic heterocycles. The van der Waals surface area contributed by atoms with E-state index in [1.165, 1.54) is 0 Å². The van der Waals surface area contributed by atoms with E-state index < -0.39 is 12.0 Å². The Balaban J connectivity index is 2.31. The molecule has 0 heterocycles. The molecule has 0 bridgehead atoms. The van der Waals surface area contributed by atoms with Crippen LogP contribution in [0.4, 0.5) is 0 Å². The second-order valence-electron chi connectivity index (χ2n) is 3.96. The zero-order chi connectivity index (χ0) is 11.3. The van der Waals surface area contributed by atoms with Crippen molar-refractivity contribution >= 4 is 11.9 Å². The van der Waals surface area contributed by atoms with Gasteiger partial charge in [-0.1, -0.05) is 18.9 Å². The zero-order valence-corrected chi connectivity index (χ0v) is 8.74. The number of hydrogen-bond donors (Lipinski definition) is 2. The molecule has 1 fully saturated rings. The van der Waals surface area contributed by atoms with Crippen LogP contribution in [-0.2, 0) is 9.59 Å². The summed E-state index contributed by atoms with van der Waals surface area (Å²) >= 11 is 0. The average Bonchev–Trinajstić information content (AvgIpc) is 2.97. The van der Waals surface area contributed by atoms with Crippen LogP contribution >= 0.6 is 0 Å². The number of allylic oxidation sites excluding steroid dienone is 1. The lowest BCUT2D eigenvalue weighted by Crippen LogP contribution is -2.40. The molecule has 0 saturated heterocycles. The highest BCUT2D eigenvalue weighted by atomic mass is 16.4. The Hall–Kier alpha value is -1.32. The van der Waals surface area contributed by atoms with Crippen molar-refractivity contribution in [1.29, 1.82) is 0 Å². The summed E-state index contributed by atoms with van der Waals surface area (Å²) in [6.45, 7) is 3.51. The number of aliphatic carboxylic acids is 1. The number of rotatable bonds is 7. The topological polar surface area (TPSA) is 66.4 Å². The molecular formula is C11H17NO3. The molecule has 1 rings (SSSR count). The van der Waals surface area contributed by atoms with E-state index in [1.54, 1.807) is 6.08 Å². The molecule has 15 heavy (non-hydrogen) atoms. The second kappa shape index (κ2) is 5.53. The number of carboxylic acid groups (broad SMARTS) is 1. The van der Waals surface area contributed by atoms with Gasteiger partial charge in [-0.25, -0.2) is 4.79 Å². The van der Waals surface area contributed by atoms with E-state index in [4.69, 9.17) is 5.11 Å². The number of nitrogens with one attached hydrogen (secondary N) is 1. The SMILES string of the molecule is C=CCCC(=O)NC(CC1CC1)C(=O)O. The van der Waals surface area contributed by atoms with E-state index >= 15 is 0 Å². The molecule has 0 radical (unpaired) electrons. The van der Waals surface area contributed by atoms with Crippen molar-refractivity contribution in [3.63, 3.8) is 0 Å². The fraction of sp³-hybridized carbons (Fsp3) is 0.636. The minimum Gasteiger partial charge on any atom is -0.480 e. The van der Waals surface area contributed by atoms with Crippen molar-refractivity contribution in [3.05, 3.63) is 12.7 Å². The minimum absolute atomic E-state index is 0.206. The molecule has 2 N–H and O–H groups in total. The first-order chi connectivity index (χ1) is 7.13. The molecule has 1 unspecified atom stereocenters. The first-order valence-electron chi connectivity index (χ1n) is 5.26. The van der Waals surface area contributed by atoms with Gasteiger partial charge in [0.1, 0.15) is 6.04 Å². The molecule has 0 aromatic heterocycles. The molecule has 1 amide bonds. The third-order valence-corrected chi connectivity index (χ3v) is 2.47. The zero-order valence-electron chi connectivity index (χ0n) is 8.74. The maximum Gasteiger partial charge on any atom is 0.326 e. The number of hydrogen-bond acceptors (Lipinski definition) is 2. The standard InChI is InChI=1S/C11H17NO3/c1-2-3-4-10(13)12-9(11(14)15)7-8-5-6-8/h2,8-9H,1,3-7H2,(H,12,13)(H,14,15). The van der Waals surface area contributed by atoms with Crippen molar-refractivity contribution < 1.29 is 14.7 Å². The van der Waals surface area contributed by atoms with Gasteiger partial charge >= 0.3 is 5.97 Å². The third-order valence-electron chi connectivity index (χ3n) is 2.47. The number of carboxylic acids is 1. The molecule has 4 heteroatoms. The summed E-state index contributed by atoms with van der Waals surface area (Å²) < 4.78 is 0. The van der Waals surface area contributed by atoms with Crippen LogP contribution < -0.4 is 5.32 Å². The van der Waals surface area contributed by atoms with Crippen LogP contribution in [0.2, 0.25) is 0 Å². The quantitative estimate of drug-likeness (QED) is 0.624. The summed E-state index contributed by atoms with van der Waals surface area (Å²) in [4.78, 5) is 22.1. The van der Waals surface area contributed by atoms with Crippen molar-refractivity contribution in [3.8, 4) is 0 Å². The van der Waals surface area contributed by atoms with Crippen LogP contribution in [0.1, 0.15) is 32.1 Å². The fourth-order valence-electron chi connectivity index (χ4n) is 1.41. The van der Waals surface area contributed by atoms with E-state index in [0.717, 1.165) is 12.8 Å². The molecule has 1 aliphatic carbocycles. The maximum absolute atomic E-state index is 11.3. The molecule has 0 spiro atoms. The second-order valence-corrected chi connectivity index (χ2v) is 3.96. The van der Waals surface area contributed by atoms with Crippen LogP contribution in [-0.4, -0.2) is 23.0 Å². The lowest BCUT2D eigenvalue weighted by atomic mass is 10.1. The van der Waals surface area contributed by atoms with Gasteiger partial charge in [-0.3, -0.25) is 4.79 Å². The van der Waals surface area contributed by atoms with E-state index in [9.17, 15) is 9.59 Å². The largest absolute Gasteiger partial charge is 0.480 e. The summed E-state index contributed by atoms with van der Waals surface area (Å²) in [6.07, 6.45) is 5.30. The van der Waals surface area contributed by atoms with Gasteiger partial charge in [0, 0.05) is 6.42 Å². The van der Waals surface area contributed by atoms with Gasteiger partial charge in [-0.05, 0) is 18.8 Å². The van der Waals surface area contributed by atoms with Gasteiger partial charge in [0.2, 0.25) is 5.91 Å². The van der Waals surface area contributed by atoms with Crippen molar-refractivity contribution in [2.75, 3.05) is 0 Å². The molecule has 1 aliphatic rings. The highest BCUT2D eigenvalue weighted by Gasteiger charge is 2.29. The Labute approximate surface area is 89.4 Å². The Kier molecular flexibility index (Phi) is 4.34. The summed E-state index contributed by atoms with van der Waals surface area (Å²) in [5.41, 5.74) is 0. The Morgan fingerprint density at radius 3 is 2.67 bits per heavy atom.